The minimum Gasteiger partial charge on any atom is -0.496 e. The molecule has 0 bridgehead atoms. The molecule has 0 saturated carbocycles. The lowest BCUT2D eigenvalue weighted by molar-refractivity contribution is -0.0440. The van der Waals surface area contributed by atoms with Crippen LogP contribution in [0.1, 0.15) is 64.7 Å². The number of carbonyl (C=O) groups is 1. The number of carbonyl (C=O) groups excluding carboxylic acids is 1. The Morgan fingerprint density at radius 3 is 2.36 bits per heavy atom. The van der Waals surface area contributed by atoms with E-state index < -0.39 is 28.7 Å². The van der Waals surface area contributed by atoms with Crippen molar-refractivity contribution in [2.45, 2.75) is 71.2 Å². The van der Waals surface area contributed by atoms with Crippen LogP contribution in [-0.4, -0.2) is 40.3 Å². The van der Waals surface area contributed by atoms with Crippen molar-refractivity contribution in [1.82, 2.24) is 14.5 Å². The molecule has 2 aromatic carbocycles. The van der Waals surface area contributed by atoms with Crippen LogP contribution >= 0.6 is 0 Å². The number of hydrogen-bond acceptors (Lipinski definition) is 5. The number of fused-ring (bicyclic) bond motifs is 1. The van der Waals surface area contributed by atoms with Crippen molar-refractivity contribution in [3.8, 4) is 22.6 Å². The van der Waals surface area contributed by atoms with E-state index in [0.29, 0.717) is 23.4 Å². The number of nitrogens with zero attached hydrogens (tertiary/aromatic N) is 2. The molecule has 1 aliphatic rings. The number of rotatable bonds is 4. The molecule has 0 saturated heterocycles. The van der Waals surface area contributed by atoms with E-state index >= 15 is 4.39 Å². The van der Waals surface area contributed by atoms with Gasteiger partial charge >= 0.3 is 11.8 Å². The van der Waals surface area contributed by atoms with Gasteiger partial charge < -0.3 is 9.47 Å². The predicted octanol–water partition coefficient (Wildman–Crippen LogP) is 5.43. The quantitative estimate of drug-likeness (QED) is 0.448. The van der Waals surface area contributed by atoms with Crippen LogP contribution in [0, 0.1) is 0 Å². The van der Waals surface area contributed by atoms with E-state index in [0.717, 1.165) is 27.2 Å². The fourth-order valence-electron chi connectivity index (χ4n) is 4.96. The normalized spacial score (nSPS) is 17.1. The van der Waals surface area contributed by atoms with Crippen LogP contribution in [0.5, 0.6) is 5.75 Å². The van der Waals surface area contributed by atoms with E-state index in [-0.39, 0.29) is 11.8 Å². The molecule has 208 valence electrons. The Balaban J connectivity index is 1.85. The summed E-state index contributed by atoms with van der Waals surface area (Å²) in [5.41, 5.74) is 1.99. The van der Waals surface area contributed by atoms with Crippen molar-refractivity contribution in [3.63, 3.8) is 0 Å². The summed E-state index contributed by atoms with van der Waals surface area (Å²) in [5.74, 6) is -1.36. The van der Waals surface area contributed by atoms with Gasteiger partial charge in [0.15, 0.2) is 0 Å². The van der Waals surface area contributed by atoms with Gasteiger partial charge in [-0.05, 0) is 55.9 Å². The van der Waals surface area contributed by atoms with Crippen LogP contribution in [-0.2, 0) is 22.4 Å². The Morgan fingerprint density at radius 2 is 1.77 bits per heavy atom. The second-order valence-electron chi connectivity index (χ2n) is 12.0. The first kappa shape index (κ1) is 28.1. The third-order valence-corrected chi connectivity index (χ3v) is 6.94. The maximum Gasteiger partial charge on any atom is 0.412 e. The first-order valence-corrected chi connectivity index (χ1v) is 12.9. The van der Waals surface area contributed by atoms with Gasteiger partial charge in [-0.25, -0.2) is 14.0 Å². The maximum atomic E-state index is 16.3. The van der Waals surface area contributed by atoms with Crippen LogP contribution in [0.4, 0.5) is 9.18 Å². The predicted molar refractivity (Wildman–Crippen MR) is 148 cm³/mol. The van der Waals surface area contributed by atoms with E-state index in [1.165, 1.54) is 23.9 Å². The molecule has 39 heavy (non-hydrogen) atoms. The van der Waals surface area contributed by atoms with E-state index in [2.05, 4.69) is 4.98 Å². The fraction of sp³-hybridized carbons (Fsp3) is 0.433. The molecule has 0 aliphatic heterocycles. The second kappa shape index (κ2) is 9.70. The Labute approximate surface area is 227 Å². The van der Waals surface area contributed by atoms with Crippen LogP contribution < -0.4 is 16.0 Å². The molecule has 4 rings (SSSR count). The van der Waals surface area contributed by atoms with Gasteiger partial charge in [0, 0.05) is 42.4 Å². The zero-order valence-corrected chi connectivity index (χ0v) is 23.8. The molecule has 1 amide bonds. The van der Waals surface area contributed by atoms with Gasteiger partial charge in [0.05, 0.1) is 12.8 Å². The molecule has 0 spiro atoms. The molecule has 3 aromatic rings. The van der Waals surface area contributed by atoms with Crippen molar-refractivity contribution in [2.75, 3.05) is 14.2 Å². The highest BCUT2D eigenvalue weighted by Crippen LogP contribution is 2.46. The van der Waals surface area contributed by atoms with Gasteiger partial charge in [0.1, 0.15) is 11.4 Å². The topological polar surface area (TPSA) is 93.6 Å². The summed E-state index contributed by atoms with van der Waals surface area (Å²) in [6.45, 7) is 11.4. The van der Waals surface area contributed by atoms with E-state index in [1.54, 1.807) is 40.0 Å². The largest absolute Gasteiger partial charge is 0.496 e. The van der Waals surface area contributed by atoms with Crippen molar-refractivity contribution in [1.29, 1.82) is 0 Å². The minimum atomic E-state index is -2.00. The molecule has 0 radical (unpaired) electrons. The highest BCUT2D eigenvalue weighted by Gasteiger charge is 2.46. The highest BCUT2D eigenvalue weighted by atomic mass is 19.1. The fourth-order valence-corrected chi connectivity index (χ4v) is 4.96. The van der Waals surface area contributed by atoms with Gasteiger partial charge in [-0.1, -0.05) is 39.0 Å². The van der Waals surface area contributed by atoms with Gasteiger partial charge in [0.2, 0.25) is 5.79 Å². The van der Waals surface area contributed by atoms with E-state index in [4.69, 9.17) is 9.47 Å². The smallest absolute Gasteiger partial charge is 0.412 e. The number of aryl methyl sites for hydroxylation is 1. The zero-order valence-electron chi connectivity index (χ0n) is 23.8. The third-order valence-electron chi connectivity index (χ3n) is 6.94. The lowest BCUT2D eigenvalue weighted by atomic mass is 9.83. The van der Waals surface area contributed by atoms with Crippen LogP contribution in [0.25, 0.3) is 16.8 Å². The number of aromatic nitrogens is 2. The molecule has 9 heteroatoms. The number of methoxy groups -OCH3 is 1. The molecule has 0 fully saturated rings. The standard InChI is InChI=1S/C30H36FN3O5/c1-28(2,3)23-17-20(34-14-12-24(35)32-26(34)36)16-21(25(23)38-8)18-9-10-22-19(15-18)11-13-30(22,31)33(7)27(37)39-29(4,5)6/h9-10,12,14-17H,11,13H2,1-8H3,(H,32,35,36). The number of aromatic amines is 1. The first-order chi connectivity index (χ1) is 18.0. The minimum absolute atomic E-state index is 0.110. The summed E-state index contributed by atoms with van der Waals surface area (Å²) < 4.78 is 29.0. The maximum absolute atomic E-state index is 16.3. The molecule has 1 N–H and O–H groups in total. The summed E-state index contributed by atoms with van der Waals surface area (Å²) in [4.78, 5) is 40.3. The molecule has 1 atom stereocenters. The molecule has 1 unspecified atom stereocenters. The summed E-state index contributed by atoms with van der Waals surface area (Å²) in [6.07, 6.45) is 1.25. The number of H-pyrrole nitrogens is 1. The summed E-state index contributed by atoms with van der Waals surface area (Å²) in [6, 6.07) is 10.4. The number of hydrogen-bond donors (Lipinski definition) is 1. The van der Waals surface area contributed by atoms with Crippen molar-refractivity contribution >= 4 is 6.09 Å². The second-order valence-corrected chi connectivity index (χ2v) is 12.0. The molecular weight excluding hydrogens is 501 g/mol. The molecular formula is C30H36FN3O5. The van der Waals surface area contributed by atoms with E-state index in [9.17, 15) is 14.4 Å². The molecule has 8 nitrogen and oxygen atoms in total. The highest BCUT2D eigenvalue weighted by molar-refractivity contribution is 5.77. The number of halogens is 1. The summed E-state index contributed by atoms with van der Waals surface area (Å²) >= 11 is 0. The number of amides is 1. The molecule has 1 aromatic heterocycles. The SMILES string of the molecule is COc1c(-c2ccc3c(c2)CCC3(F)N(C)C(=O)OC(C)(C)C)cc(-n2ccc(=O)[nH]c2=O)cc1C(C)(C)C. The Kier molecular flexibility index (Phi) is 7.00. The van der Waals surface area contributed by atoms with Crippen molar-refractivity contribution in [3.05, 3.63) is 80.1 Å². The Bertz CT molecular complexity index is 1540. The van der Waals surface area contributed by atoms with Crippen molar-refractivity contribution < 1.29 is 18.7 Å². The lowest BCUT2D eigenvalue weighted by Crippen LogP contribution is -2.45. The van der Waals surface area contributed by atoms with Crippen LogP contribution in [0.3, 0.4) is 0 Å². The Hall–Kier alpha value is -3.88. The average molecular weight is 538 g/mol. The number of benzene rings is 2. The molecule has 1 heterocycles. The van der Waals surface area contributed by atoms with Crippen LogP contribution in [0.15, 0.2) is 52.2 Å². The third kappa shape index (κ3) is 5.35. The first-order valence-electron chi connectivity index (χ1n) is 12.9. The molecule has 1 aliphatic carbocycles. The van der Waals surface area contributed by atoms with Gasteiger partial charge in [-0.15, -0.1) is 0 Å². The van der Waals surface area contributed by atoms with Gasteiger partial charge in [0.25, 0.3) is 5.56 Å². The van der Waals surface area contributed by atoms with E-state index in [1.807, 2.05) is 39.0 Å². The van der Waals surface area contributed by atoms with Gasteiger partial charge in [-0.3, -0.25) is 19.2 Å². The van der Waals surface area contributed by atoms with Gasteiger partial charge in [-0.2, -0.15) is 0 Å². The monoisotopic (exact) mass is 537 g/mol. The average Bonchev–Trinajstić information content (AvgIpc) is 3.18. The number of alkyl halides is 1. The Morgan fingerprint density at radius 1 is 1.08 bits per heavy atom. The van der Waals surface area contributed by atoms with Crippen molar-refractivity contribution in [2.24, 2.45) is 0 Å². The summed E-state index contributed by atoms with van der Waals surface area (Å²) in [7, 11) is 3.01. The lowest BCUT2D eigenvalue weighted by Gasteiger charge is -2.34. The summed E-state index contributed by atoms with van der Waals surface area (Å²) in [5, 5.41) is 0. The number of nitrogens with one attached hydrogen (secondary N) is 1. The number of ether oxygens (including phenoxy) is 2. The zero-order chi connectivity index (χ0) is 28.9. The van der Waals surface area contributed by atoms with Crippen LogP contribution in [0.2, 0.25) is 0 Å².